The molecule has 1 amide bonds. The predicted molar refractivity (Wildman–Crippen MR) is 98.0 cm³/mol. The summed E-state index contributed by atoms with van der Waals surface area (Å²) in [5.74, 6) is -0.401. The van der Waals surface area contributed by atoms with E-state index in [4.69, 9.17) is 0 Å². The first kappa shape index (κ1) is 17.7. The van der Waals surface area contributed by atoms with E-state index in [-0.39, 0.29) is 18.1 Å². The zero-order valence-corrected chi connectivity index (χ0v) is 15.2. The summed E-state index contributed by atoms with van der Waals surface area (Å²) in [6.45, 7) is 3.49. The topological polar surface area (TPSA) is 90.9 Å². The van der Waals surface area contributed by atoms with E-state index in [9.17, 15) is 14.4 Å². The van der Waals surface area contributed by atoms with Crippen molar-refractivity contribution in [1.29, 1.82) is 0 Å². The normalized spacial score (nSPS) is 12.3. The highest BCUT2D eigenvalue weighted by Gasteiger charge is 2.18. The Labute approximate surface area is 149 Å². The number of carbonyl (C=O) groups excluding carboxylic acids is 1. The third-order valence-electron chi connectivity index (χ3n) is 4.54. The number of aryl methyl sites for hydroxylation is 3. The van der Waals surface area contributed by atoms with Crippen LogP contribution in [0.3, 0.4) is 0 Å². The van der Waals surface area contributed by atoms with Crippen LogP contribution in [0.1, 0.15) is 24.1 Å². The maximum atomic E-state index is 12.6. The van der Waals surface area contributed by atoms with Gasteiger partial charge in [0.25, 0.3) is 5.56 Å². The van der Waals surface area contributed by atoms with Crippen LogP contribution < -0.4 is 16.6 Å². The molecule has 3 rings (SSSR count). The molecule has 1 aromatic carbocycles. The van der Waals surface area contributed by atoms with Gasteiger partial charge in [0.2, 0.25) is 5.91 Å². The summed E-state index contributed by atoms with van der Waals surface area (Å²) in [7, 11) is 3.20. The standard InChI is InChI=1S/C18H21N5O3/c1-11-7-5-6-8-13(11)12(2)20-14(24)9-23-17(25)15-16(19-10-21(15)3)22(4)18(23)26/h5-8,10,12H,9H2,1-4H3,(H,20,24)/t12-/m0/s1. The van der Waals surface area contributed by atoms with E-state index in [1.165, 1.54) is 17.9 Å². The number of benzene rings is 1. The maximum absolute atomic E-state index is 12.6. The van der Waals surface area contributed by atoms with E-state index >= 15 is 0 Å². The minimum absolute atomic E-state index is 0.233. The van der Waals surface area contributed by atoms with Crippen molar-refractivity contribution in [1.82, 2.24) is 24.0 Å². The first-order valence-electron chi connectivity index (χ1n) is 8.27. The molecule has 0 aliphatic rings. The molecule has 0 radical (unpaired) electrons. The van der Waals surface area contributed by atoms with Gasteiger partial charge in [0.15, 0.2) is 11.2 Å². The fraction of sp³-hybridized carbons (Fsp3) is 0.333. The van der Waals surface area contributed by atoms with Gasteiger partial charge in [-0.25, -0.2) is 14.3 Å². The van der Waals surface area contributed by atoms with Crippen LogP contribution in [-0.4, -0.2) is 24.6 Å². The molecular weight excluding hydrogens is 334 g/mol. The molecule has 0 unspecified atom stereocenters. The zero-order chi connectivity index (χ0) is 19.0. The van der Waals surface area contributed by atoms with E-state index in [2.05, 4.69) is 10.3 Å². The highest BCUT2D eigenvalue weighted by Crippen LogP contribution is 2.16. The molecule has 2 aromatic heterocycles. The lowest BCUT2D eigenvalue weighted by Gasteiger charge is -2.17. The quantitative estimate of drug-likeness (QED) is 0.743. The second-order valence-electron chi connectivity index (χ2n) is 6.41. The Balaban J connectivity index is 1.91. The molecule has 136 valence electrons. The Kier molecular flexibility index (Phi) is 4.50. The number of nitrogens with one attached hydrogen (secondary N) is 1. The number of imidazole rings is 1. The maximum Gasteiger partial charge on any atom is 0.332 e. The van der Waals surface area contributed by atoms with Gasteiger partial charge in [0.05, 0.1) is 12.4 Å². The third kappa shape index (κ3) is 2.94. The number of fused-ring (bicyclic) bond motifs is 1. The largest absolute Gasteiger partial charge is 0.348 e. The lowest BCUT2D eigenvalue weighted by atomic mass is 10.0. The van der Waals surface area contributed by atoms with Gasteiger partial charge in [-0.3, -0.25) is 14.2 Å². The van der Waals surface area contributed by atoms with Crippen LogP contribution >= 0.6 is 0 Å². The van der Waals surface area contributed by atoms with Crippen LogP contribution in [0.4, 0.5) is 0 Å². The number of aromatic nitrogens is 4. The van der Waals surface area contributed by atoms with Crippen LogP contribution in [-0.2, 0) is 25.4 Å². The van der Waals surface area contributed by atoms with Gasteiger partial charge in [-0.05, 0) is 25.0 Å². The van der Waals surface area contributed by atoms with Gasteiger partial charge >= 0.3 is 5.69 Å². The average Bonchev–Trinajstić information content (AvgIpc) is 2.99. The van der Waals surface area contributed by atoms with Gasteiger partial charge in [-0.2, -0.15) is 0 Å². The monoisotopic (exact) mass is 355 g/mol. The molecule has 0 fully saturated rings. The molecule has 0 aliphatic carbocycles. The smallest absolute Gasteiger partial charge is 0.332 e. The van der Waals surface area contributed by atoms with Crippen molar-refractivity contribution in [2.45, 2.75) is 26.4 Å². The van der Waals surface area contributed by atoms with Crippen molar-refractivity contribution in [3.63, 3.8) is 0 Å². The van der Waals surface area contributed by atoms with Crippen molar-refractivity contribution in [3.8, 4) is 0 Å². The van der Waals surface area contributed by atoms with E-state index < -0.39 is 17.2 Å². The summed E-state index contributed by atoms with van der Waals surface area (Å²) in [5.41, 5.74) is 1.54. The Bertz CT molecular complexity index is 1110. The predicted octanol–water partition coefficient (Wildman–Crippen LogP) is 0.620. The SMILES string of the molecule is Cc1ccccc1[C@H](C)NC(=O)Cn1c(=O)c2c(ncn2C)n(C)c1=O. The minimum atomic E-state index is -0.570. The molecular formula is C18H21N5O3. The van der Waals surface area contributed by atoms with Gasteiger partial charge < -0.3 is 9.88 Å². The molecule has 1 atom stereocenters. The molecule has 0 saturated carbocycles. The number of rotatable bonds is 4. The fourth-order valence-corrected chi connectivity index (χ4v) is 3.12. The number of hydrogen-bond donors (Lipinski definition) is 1. The molecule has 0 bridgehead atoms. The highest BCUT2D eigenvalue weighted by atomic mass is 16.2. The molecule has 0 saturated heterocycles. The van der Waals surface area contributed by atoms with Gasteiger partial charge in [-0.1, -0.05) is 24.3 Å². The van der Waals surface area contributed by atoms with Crippen LogP contribution in [0.2, 0.25) is 0 Å². The van der Waals surface area contributed by atoms with Crippen LogP contribution in [0, 0.1) is 6.92 Å². The summed E-state index contributed by atoms with van der Waals surface area (Å²) in [6.07, 6.45) is 1.47. The third-order valence-corrected chi connectivity index (χ3v) is 4.54. The molecule has 0 spiro atoms. The van der Waals surface area contributed by atoms with Crippen molar-refractivity contribution < 1.29 is 4.79 Å². The molecule has 8 nitrogen and oxygen atoms in total. The summed E-state index contributed by atoms with van der Waals surface area (Å²) < 4.78 is 3.75. The fourth-order valence-electron chi connectivity index (χ4n) is 3.12. The van der Waals surface area contributed by atoms with Gasteiger partial charge in [0, 0.05) is 14.1 Å². The van der Waals surface area contributed by atoms with E-state index in [0.717, 1.165) is 15.7 Å². The minimum Gasteiger partial charge on any atom is -0.348 e. The van der Waals surface area contributed by atoms with E-state index in [1.807, 2.05) is 38.1 Å². The first-order chi connectivity index (χ1) is 12.3. The average molecular weight is 355 g/mol. The van der Waals surface area contributed by atoms with E-state index in [0.29, 0.717) is 5.65 Å². The lowest BCUT2D eigenvalue weighted by Crippen LogP contribution is -2.44. The van der Waals surface area contributed by atoms with Crippen molar-refractivity contribution >= 4 is 17.1 Å². The Morgan fingerprint density at radius 2 is 1.92 bits per heavy atom. The lowest BCUT2D eigenvalue weighted by molar-refractivity contribution is -0.122. The van der Waals surface area contributed by atoms with Crippen LogP contribution in [0.15, 0.2) is 40.2 Å². The molecule has 8 heteroatoms. The molecule has 1 N–H and O–H groups in total. The van der Waals surface area contributed by atoms with Crippen molar-refractivity contribution in [3.05, 3.63) is 62.6 Å². The zero-order valence-electron chi connectivity index (χ0n) is 15.2. The summed E-state index contributed by atoms with van der Waals surface area (Å²) in [6, 6.07) is 7.51. The summed E-state index contributed by atoms with van der Waals surface area (Å²) in [4.78, 5) is 41.6. The Morgan fingerprint density at radius 1 is 1.23 bits per heavy atom. The highest BCUT2D eigenvalue weighted by molar-refractivity contribution is 5.77. The second kappa shape index (κ2) is 6.62. The number of carbonyl (C=O) groups is 1. The van der Waals surface area contributed by atoms with Crippen LogP contribution in [0.5, 0.6) is 0 Å². The van der Waals surface area contributed by atoms with Crippen molar-refractivity contribution in [2.75, 3.05) is 0 Å². The summed E-state index contributed by atoms with van der Waals surface area (Å²) >= 11 is 0. The van der Waals surface area contributed by atoms with Gasteiger partial charge in [0.1, 0.15) is 6.54 Å². The number of nitrogens with zero attached hydrogens (tertiary/aromatic N) is 4. The van der Waals surface area contributed by atoms with Crippen LogP contribution in [0.25, 0.3) is 11.2 Å². The Morgan fingerprint density at radius 3 is 2.62 bits per heavy atom. The second-order valence-corrected chi connectivity index (χ2v) is 6.41. The first-order valence-corrected chi connectivity index (χ1v) is 8.27. The number of amides is 1. The van der Waals surface area contributed by atoms with Crippen molar-refractivity contribution in [2.24, 2.45) is 14.1 Å². The molecule has 0 aliphatic heterocycles. The molecule has 26 heavy (non-hydrogen) atoms. The molecule has 3 aromatic rings. The molecule has 2 heterocycles. The number of hydrogen-bond acceptors (Lipinski definition) is 4. The summed E-state index contributed by atoms with van der Waals surface area (Å²) in [5, 5.41) is 2.85. The Hall–Kier alpha value is -3.16. The van der Waals surface area contributed by atoms with Gasteiger partial charge in [-0.15, -0.1) is 0 Å². The van der Waals surface area contributed by atoms with E-state index in [1.54, 1.807) is 11.6 Å².